The summed E-state index contributed by atoms with van der Waals surface area (Å²) in [5, 5.41) is 16.9. The highest BCUT2D eigenvalue weighted by atomic mass is 16.3. The second-order valence-corrected chi connectivity index (χ2v) is 10.6. The molecule has 0 unspecified atom stereocenters. The SMILES string of the molecule is CC(=O)N1CC(Nc2cc(C(=O)NC[C@H](O)CN3CCc4ccccc4C3)nc(N3CCN(C)CC3)n2)C1. The molecule has 0 spiro atoms. The molecular formula is C27H38N8O3. The summed E-state index contributed by atoms with van der Waals surface area (Å²) in [5.41, 5.74) is 2.93. The Labute approximate surface area is 223 Å². The lowest BCUT2D eigenvalue weighted by Gasteiger charge is -2.39. The largest absolute Gasteiger partial charge is 0.390 e. The third kappa shape index (κ3) is 6.40. The molecule has 5 rings (SSSR count). The number of carbonyl (C=O) groups is 2. The third-order valence-electron chi connectivity index (χ3n) is 7.59. The summed E-state index contributed by atoms with van der Waals surface area (Å²) in [7, 11) is 2.08. The van der Waals surface area contributed by atoms with E-state index in [0.29, 0.717) is 31.4 Å². The topological polar surface area (TPSA) is 117 Å². The van der Waals surface area contributed by atoms with Gasteiger partial charge in [-0.1, -0.05) is 24.3 Å². The van der Waals surface area contributed by atoms with Crippen LogP contribution < -0.4 is 15.5 Å². The van der Waals surface area contributed by atoms with Crippen molar-refractivity contribution in [3.63, 3.8) is 0 Å². The molecule has 2 saturated heterocycles. The number of piperazine rings is 1. The summed E-state index contributed by atoms with van der Waals surface area (Å²) in [6.07, 6.45) is 0.278. The van der Waals surface area contributed by atoms with Gasteiger partial charge in [0, 0.05) is 78.4 Å². The van der Waals surface area contributed by atoms with Crippen molar-refractivity contribution >= 4 is 23.6 Å². The zero-order valence-electron chi connectivity index (χ0n) is 22.3. The van der Waals surface area contributed by atoms with Crippen LogP contribution in [0, 0.1) is 0 Å². The molecule has 0 radical (unpaired) electrons. The Morgan fingerprint density at radius 3 is 2.55 bits per heavy atom. The highest BCUT2D eigenvalue weighted by molar-refractivity contribution is 5.93. The number of nitrogens with one attached hydrogen (secondary N) is 2. The molecule has 1 aromatic carbocycles. The number of aromatic nitrogens is 2. The van der Waals surface area contributed by atoms with Crippen molar-refractivity contribution in [2.75, 3.05) is 76.2 Å². The summed E-state index contributed by atoms with van der Waals surface area (Å²) in [5.74, 6) is 0.799. The normalized spacial score (nSPS) is 19.4. The minimum Gasteiger partial charge on any atom is -0.390 e. The highest BCUT2D eigenvalue weighted by Crippen LogP contribution is 2.20. The van der Waals surface area contributed by atoms with Gasteiger partial charge < -0.3 is 30.4 Å². The van der Waals surface area contributed by atoms with Crippen molar-refractivity contribution in [2.45, 2.75) is 32.0 Å². The summed E-state index contributed by atoms with van der Waals surface area (Å²) < 4.78 is 0. The number of rotatable bonds is 8. The van der Waals surface area contributed by atoms with Crippen LogP contribution in [0.25, 0.3) is 0 Å². The third-order valence-corrected chi connectivity index (χ3v) is 7.59. The smallest absolute Gasteiger partial charge is 0.270 e. The maximum absolute atomic E-state index is 13.1. The van der Waals surface area contributed by atoms with Gasteiger partial charge in [-0.05, 0) is 24.6 Å². The van der Waals surface area contributed by atoms with Crippen LogP contribution in [0.3, 0.4) is 0 Å². The first-order valence-electron chi connectivity index (χ1n) is 13.4. The van der Waals surface area contributed by atoms with E-state index >= 15 is 0 Å². The molecule has 1 atom stereocenters. The molecule has 2 aromatic rings. The Hall–Kier alpha value is -3.28. The minimum atomic E-state index is -0.687. The molecule has 0 bridgehead atoms. The molecule has 3 aliphatic heterocycles. The zero-order valence-corrected chi connectivity index (χ0v) is 22.3. The first kappa shape index (κ1) is 26.3. The van der Waals surface area contributed by atoms with Crippen molar-refractivity contribution < 1.29 is 14.7 Å². The van der Waals surface area contributed by atoms with E-state index in [0.717, 1.165) is 45.7 Å². The minimum absolute atomic E-state index is 0.0521. The van der Waals surface area contributed by atoms with Crippen molar-refractivity contribution in [1.82, 2.24) is 30.0 Å². The number of benzene rings is 1. The van der Waals surface area contributed by atoms with E-state index in [4.69, 9.17) is 4.98 Å². The zero-order chi connectivity index (χ0) is 26.6. The molecule has 3 aliphatic rings. The maximum Gasteiger partial charge on any atom is 0.270 e. The van der Waals surface area contributed by atoms with E-state index in [-0.39, 0.29) is 30.1 Å². The number of aliphatic hydroxyl groups excluding tert-OH is 1. The summed E-state index contributed by atoms with van der Waals surface area (Å²) >= 11 is 0. The van der Waals surface area contributed by atoms with E-state index in [2.05, 4.69) is 55.6 Å². The van der Waals surface area contributed by atoms with Gasteiger partial charge in [-0.15, -0.1) is 0 Å². The first-order chi connectivity index (χ1) is 18.3. The molecule has 0 aliphatic carbocycles. The van der Waals surface area contributed by atoms with Crippen LogP contribution in [0.15, 0.2) is 30.3 Å². The van der Waals surface area contributed by atoms with Gasteiger partial charge in [0.2, 0.25) is 11.9 Å². The predicted octanol–water partition coefficient (Wildman–Crippen LogP) is 0.0200. The van der Waals surface area contributed by atoms with E-state index in [9.17, 15) is 14.7 Å². The lowest BCUT2D eigenvalue weighted by atomic mass is 10.00. The van der Waals surface area contributed by atoms with Crippen LogP contribution in [0.4, 0.5) is 11.8 Å². The molecule has 0 saturated carbocycles. The van der Waals surface area contributed by atoms with Crippen LogP contribution >= 0.6 is 0 Å². The molecule has 2 fully saturated rings. The van der Waals surface area contributed by atoms with Crippen LogP contribution in [0.2, 0.25) is 0 Å². The average molecular weight is 523 g/mol. The first-order valence-corrected chi connectivity index (χ1v) is 13.4. The molecule has 3 N–H and O–H groups in total. The molecule has 11 nitrogen and oxygen atoms in total. The summed E-state index contributed by atoms with van der Waals surface area (Å²) in [4.78, 5) is 42.3. The van der Waals surface area contributed by atoms with Crippen LogP contribution in [-0.4, -0.2) is 120 Å². The number of nitrogens with zero attached hydrogens (tertiary/aromatic N) is 6. The fraction of sp³-hybridized carbons (Fsp3) is 0.556. The van der Waals surface area contributed by atoms with Gasteiger partial charge in [0.05, 0.1) is 12.1 Å². The molecule has 4 heterocycles. The predicted molar refractivity (Wildman–Crippen MR) is 145 cm³/mol. The van der Waals surface area contributed by atoms with E-state index in [1.165, 1.54) is 11.1 Å². The number of amides is 2. The van der Waals surface area contributed by atoms with Crippen molar-refractivity contribution in [3.8, 4) is 0 Å². The van der Waals surface area contributed by atoms with Gasteiger partial charge in [0.15, 0.2) is 0 Å². The number of aliphatic hydroxyl groups is 1. The fourth-order valence-corrected chi connectivity index (χ4v) is 5.18. The highest BCUT2D eigenvalue weighted by Gasteiger charge is 2.29. The van der Waals surface area contributed by atoms with Gasteiger partial charge in [0.25, 0.3) is 5.91 Å². The Bertz CT molecular complexity index is 1150. The van der Waals surface area contributed by atoms with Crippen LogP contribution in [0.5, 0.6) is 0 Å². The number of anilines is 2. The molecular weight excluding hydrogens is 484 g/mol. The standard InChI is InChI=1S/C27H38N8O3/c1-19(36)35-16-22(17-35)29-25-13-24(30-27(31-25)34-11-9-32(2)10-12-34)26(38)28-14-23(37)18-33-8-7-20-5-3-4-6-21(20)15-33/h3-6,13,22-23,37H,7-12,14-18H2,1-2H3,(H,28,38)(H,29,30,31)/t23-/m0/s1. The Balaban J connectivity index is 1.20. The van der Waals surface area contributed by atoms with Gasteiger partial charge >= 0.3 is 0 Å². The summed E-state index contributed by atoms with van der Waals surface area (Å²) in [6.45, 7) is 8.45. The number of hydrogen-bond acceptors (Lipinski definition) is 9. The molecule has 2 amide bonds. The molecule has 204 valence electrons. The Morgan fingerprint density at radius 1 is 1.08 bits per heavy atom. The number of fused-ring (bicyclic) bond motifs is 1. The van der Waals surface area contributed by atoms with Crippen molar-refractivity contribution in [1.29, 1.82) is 0 Å². The number of β-amino-alcohol motifs (C(OH)–C–C–N with tert-alkyl or cyclic N) is 1. The lowest BCUT2D eigenvalue weighted by molar-refractivity contribution is -0.132. The van der Waals surface area contributed by atoms with Crippen molar-refractivity contribution in [2.24, 2.45) is 0 Å². The van der Waals surface area contributed by atoms with Gasteiger partial charge in [0.1, 0.15) is 11.5 Å². The number of carbonyl (C=O) groups excluding carboxylic acids is 2. The summed E-state index contributed by atoms with van der Waals surface area (Å²) in [6, 6.07) is 10.1. The van der Waals surface area contributed by atoms with Gasteiger partial charge in [-0.2, -0.15) is 4.98 Å². The average Bonchev–Trinajstić information content (AvgIpc) is 2.89. The number of likely N-dealkylation sites (N-methyl/N-ethyl adjacent to an activating group) is 1. The Kier molecular flexibility index (Phi) is 8.06. The second kappa shape index (κ2) is 11.6. The number of hydrogen-bond donors (Lipinski definition) is 3. The van der Waals surface area contributed by atoms with E-state index < -0.39 is 6.10 Å². The molecule has 11 heteroatoms. The lowest BCUT2D eigenvalue weighted by Crippen LogP contribution is -2.56. The monoisotopic (exact) mass is 522 g/mol. The fourth-order valence-electron chi connectivity index (χ4n) is 5.18. The Morgan fingerprint density at radius 2 is 1.82 bits per heavy atom. The maximum atomic E-state index is 13.1. The van der Waals surface area contributed by atoms with E-state index in [1.54, 1.807) is 17.9 Å². The second-order valence-electron chi connectivity index (χ2n) is 10.6. The quantitative estimate of drug-likeness (QED) is 0.441. The van der Waals surface area contributed by atoms with Crippen LogP contribution in [-0.2, 0) is 17.8 Å². The number of likely N-dealkylation sites (tertiary alicyclic amines) is 1. The molecule has 38 heavy (non-hydrogen) atoms. The van der Waals surface area contributed by atoms with Crippen molar-refractivity contribution in [3.05, 3.63) is 47.2 Å². The van der Waals surface area contributed by atoms with Gasteiger partial charge in [-0.3, -0.25) is 14.5 Å². The van der Waals surface area contributed by atoms with E-state index in [1.807, 2.05) is 6.07 Å². The van der Waals surface area contributed by atoms with Gasteiger partial charge in [-0.25, -0.2) is 4.98 Å². The van der Waals surface area contributed by atoms with Crippen LogP contribution in [0.1, 0.15) is 28.5 Å². The molecule has 1 aromatic heterocycles.